The van der Waals surface area contributed by atoms with E-state index in [1.54, 1.807) is 14.0 Å². The van der Waals surface area contributed by atoms with E-state index in [-0.39, 0.29) is 23.4 Å². The molecule has 0 radical (unpaired) electrons. The van der Waals surface area contributed by atoms with E-state index in [0.29, 0.717) is 0 Å². The second-order valence-corrected chi connectivity index (χ2v) is 5.78. The molecule has 0 spiro atoms. The smallest absolute Gasteiger partial charge is 0.375 e. The number of carbonyl (C=O) groups excluding carboxylic acids is 6. The van der Waals surface area contributed by atoms with Crippen LogP contribution in [0.2, 0.25) is 0 Å². The number of carbonyl (C=O) groups is 6. The summed E-state index contributed by atoms with van der Waals surface area (Å²) in [4.78, 5) is 64.3. The van der Waals surface area contributed by atoms with Crippen molar-refractivity contribution in [2.75, 3.05) is 27.2 Å². The zero-order valence-electron chi connectivity index (χ0n) is 13.1. The second-order valence-electron chi connectivity index (χ2n) is 4.77. The van der Waals surface area contributed by atoms with Gasteiger partial charge in [-0.2, -0.15) is 0 Å². The Morgan fingerprint density at radius 1 is 1.00 bits per heavy atom. The van der Waals surface area contributed by atoms with Crippen molar-refractivity contribution >= 4 is 46.2 Å². The molecule has 0 aromatic heterocycles. The summed E-state index contributed by atoms with van der Waals surface area (Å²) in [7, 11) is 3.12. The lowest BCUT2D eigenvalue weighted by Crippen LogP contribution is -2.24. The predicted molar refractivity (Wildman–Crippen MR) is 78.8 cm³/mol. The van der Waals surface area contributed by atoms with Crippen LogP contribution >= 0.6 is 11.8 Å². The Morgan fingerprint density at radius 3 is 1.75 bits per heavy atom. The third-order valence-electron chi connectivity index (χ3n) is 2.64. The Balaban J connectivity index is 0.000000180. The van der Waals surface area contributed by atoms with Crippen molar-refractivity contribution in [2.24, 2.45) is 0 Å². The topological polar surface area (TPSA) is 139 Å². The molecule has 3 heterocycles. The monoisotopic (exact) mass is 361 g/mol. The Morgan fingerprint density at radius 2 is 1.62 bits per heavy atom. The van der Waals surface area contributed by atoms with Crippen molar-refractivity contribution in [3.63, 3.8) is 0 Å². The highest BCUT2D eigenvalue weighted by molar-refractivity contribution is 8.26. The van der Waals surface area contributed by atoms with Crippen LogP contribution in [0.25, 0.3) is 0 Å². The molecule has 1 atom stereocenters. The van der Waals surface area contributed by atoms with E-state index < -0.39 is 30.2 Å². The molecule has 0 aliphatic carbocycles. The van der Waals surface area contributed by atoms with Crippen LogP contribution in [0.15, 0.2) is 0 Å². The maximum Gasteiger partial charge on any atom is 0.417 e. The molecular weight excluding hydrogens is 346 g/mol. The molecule has 11 nitrogen and oxygen atoms in total. The van der Waals surface area contributed by atoms with E-state index in [0.717, 1.165) is 11.8 Å². The maximum absolute atomic E-state index is 10.5. The van der Waals surface area contributed by atoms with Gasteiger partial charge in [0.05, 0.1) is 6.54 Å². The number of hydrogen-bond donors (Lipinski definition) is 1. The van der Waals surface area contributed by atoms with Crippen molar-refractivity contribution in [3.05, 3.63) is 0 Å². The number of alkyl carbamates (subject to hydrolysis) is 1. The van der Waals surface area contributed by atoms with Gasteiger partial charge < -0.3 is 19.7 Å². The lowest BCUT2D eigenvalue weighted by atomic mass is 10.4. The first kappa shape index (κ1) is 19.4. The highest BCUT2D eigenvalue weighted by Crippen LogP contribution is 2.16. The number of hydrogen-bond acceptors (Lipinski definition) is 9. The number of likely N-dealkylation sites (N-methyl/N-ethyl adjacent to an activating group) is 2. The summed E-state index contributed by atoms with van der Waals surface area (Å²) in [5, 5.41) is 2.05. The van der Waals surface area contributed by atoms with Crippen LogP contribution in [0.5, 0.6) is 0 Å². The van der Waals surface area contributed by atoms with Crippen LogP contribution in [-0.2, 0) is 23.9 Å². The summed E-state index contributed by atoms with van der Waals surface area (Å²) in [5.74, 6) is -0.979. The van der Waals surface area contributed by atoms with Crippen molar-refractivity contribution in [2.45, 2.75) is 13.0 Å². The fourth-order valence-corrected chi connectivity index (χ4v) is 2.05. The largest absolute Gasteiger partial charge is 0.417 e. The lowest BCUT2D eigenvalue weighted by molar-refractivity contribution is -0.135. The number of nitrogens with zero attached hydrogens (tertiary/aromatic N) is 2. The van der Waals surface area contributed by atoms with E-state index in [9.17, 15) is 28.8 Å². The number of ether oxygens (including phenoxy) is 2. The number of nitrogens with one attached hydrogen (secondary N) is 1. The van der Waals surface area contributed by atoms with Crippen molar-refractivity contribution < 1.29 is 38.2 Å². The molecule has 3 saturated heterocycles. The summed E-state index contributed by atoms with van der Waals surface area (Å²) < 4.78 is 8.21. The Hall–Kier alpha value is -2.63. The van der Waals surface area contributed by atoms with Gasteiger partial charge in [-0.25, -0.2) is 19.2 Å². The Kier molecular flexibility index (Phi) is 6.70. The van der Waals surface area contributed by atoms with E-state index >= 15 is 0 Å². The van der Waals surface area contributed by atoms with Crippen molar-refractivity contribution in [1.29, 1.82) is 0 Å². The SMILES string of the molecule is CC1NC(=O)OC1=O.CN1CC(=O)OC1=O.CN1CC(=O)SC1=O. The zero-order valence-corrected chi connectivity index (χ0v) is 13.9. The fraction of sp³-hybridized carbons (Fsp3) is 0.500. The van der Waals surface area contributed by atoms with E-state index in [1.165, 1.54) is 16.8 Å². The molecule has 3 amide bonds. The highest BCUT2D eigenvalue weighted by atomic mass is 32.2. The van der Waals surface area contributed by atoms with Gasteiger partial charge in [0.2, 0.25) is 5.12 Å². The first-order valence-corrected chi connectivity index (χ1v) is 7.35. The number of rotatable bonds is 0. The number of amides is 3. The molecule has 3 aliphatic rings. The van der Waals surface area contributed by atoms with Gasteiger partial charge in [0.15, 0.2) is 0 Å². The lowest BCUT2D eigenvalue weighted by Gasteiger charge is -2.00. The third-order valence-corrected chi connectivity index (χ3v) is 3.48. The molecule has 3 aliphatic heterocycles. The van der Waals surface area contributed by atoms with Gasteiger partial charge in [-0.15, -0.1) is 0 Å². The quantitative estimate of drug-likeness (QED) is 0.448. The van der Waals surface area contributed by atoms with Gasteiger partial charge >= 0.3 is 24.1 Å². The Bertz CT molecular complexity index is 512. The summed E-state index contributed by atoms with van der Waals surface area (Å²) in [6.45, 7) is 1.91. The minimum absolute atomic E-state index is 0.0579. The van der Waals surface area contributed by atoms with Crippen LogP contribution in [-0.4, -0.2) is 77.5 Å². The van der Waals surface area contributed by atoms with Gasteiger partial charge in [-0.05, 0) is 6.92 Å². The highest BCUT2D eigenvalue weighted by Gasteiger charge is 2.27. The summed E-state index contributed by atoms with van der Waals surface area (Å²) in [6, 6.07) is -0.470. The zero-order chi connectivity index (χ0) is 18.4. The molecule has 0 bridgehead atoms. The molecule has 3 rings (SSSR count). The predicted octanol–water partition coefficient (Wildman–Crippen LogP) is -0.452. The number of thioether (sulfide) groups is 1. The molecule has 132 valence electrons. The summed E-state index contributed by atoms with van der Waals surface area (Å²) in [5.41, 5.74) is 0. The minimum Gasteiger partial charge on any atom is -0.375 e. The Labute approximate surface area is 140 Å². The van der Waals surface area contributed by atoms with Crippen LogP contribution < -0.4 is 5.32 Å². The van der Waals surface area contributed by atoms with E-state index in [4.69, 9.17) is 0 Å². The third kappa shape index (κ3) is 5.87. The molecule has 12 heteroatoms. The van der Waals surface area contributed by atoms with Crippen LogP contribution in [0, 0.1) is 0 Å². The first-order chi connectivity index (χ1) is 11.1. The standard InChI is InChI=1S/2C4H5NO3.C4H5NO2S/c1-5-2-3(6)8-4(5)7;1-2-3(6)8-4(7)5-2;1-5-2-3(6)8-4(5)7/h2H2,1H3;2H,1H3,(H,5,7);2H2,1H3. The van der Waals surface area contributed by atoms with E-state index in [1.807, 2.05) is 0 Å². The molecule has 24 heavy (non-hydrogen) atoms. The summed E-state index contributed by atoms with van der Waals surface area (Å²) in [6.07, 6.45) is -1.21. The number of cyclic esters (lactones) is 4. The molecule has 0 saturated carbocycles. The van der Waals surface area contributed by atoms with Crippen molar-refractivity contribution in [1.82, 2.24) is 15.1 Å². The number of esters is 2. The molecule has 0 aromatic rings. The van der Waals surface area contributed by atoms with E-state index in [2.05, 4.69) is 14.8 Å². The summed E-state index contributed by atoms with van der Waals surface area (Å²) >= 11 is 0.777. The second kappa shape index (κ2) is 8.29. The van der Waals surface area contributed by atoms with Crippen LogP contribution in [0.1, 0.15) is 6.92 Å². The van der Waals surface area contributed by atoms with Gasteiger partial charge in [0.25, 0.3) is 5.24 Å². The first-order valence-electron chi connectivity index (χ1n) is 6.54. The normalized spacial score (nSPS) is 22.4. The van der Waals surface area contributed by atoms with Gasteiger partial charge in [0, 0.05) is 25.9 Å². The average molecular weight is 361 g/mol. The molecule has 1 unspecified atom stereocenters. The van der Waals surface area contributed by atoms with Crippen LogP contribution in [0.4, 0.5) is 14.4 Å². The molecule has 1 N–H and O–H groups in total. The average Bonchev–Trinajstić information content (AvgIpc) is 3.01. The van der Waals surface area contributed by atoms with Crippen LogP contribution in [0.3, 0.4) is 0 Å². The maximum atomic E-state index is 10.5. The minimum atomic E-state index is -0.650. The van der Waals surface area contributed by atoms with Crippen molar-refractivity contribution in [3.8, 4) is 0 Å². The molecule has 3 fully saturated rings. The molecule has 0 aromatic carbocycles. The van der Waals surface area contributed by atoms with Gasteiger partial charge in [-0.1, -0.05) is 0 Å². The van der Waals surface area contributed by atoms with Gasteiger partial charge in [0.1, 0.15) is 12.6 Å². The molecular formula is C12H15N3O8S. The fourth-order valence-electron chi connectivity index (χ4n) is 1.38. The van der Waals surface area contributed by atoms with Gasteiger partial charge in [-0.3, -0.25) is 14.5 Å².